The van der Waals surface area contributed by atoms with E-state index in [-0.39, 0.29) is 10.0 Å². The van der Waals surface area contributed by atoms with E-state index in [0.29, 0.717) is 11.3 Å². The van der Waals surface area contributed by atoms with Crippen molar-refractivity contribution in [2.24, 2.45) is 5.10 Å². The lowest BCUT2D eigenvalue weighted by molar-refractivity contribution is -0.119. The number of hydrogen-bond acceptors (Lipinski definition) is 5. The summed E-state index contributed by atoms with van der Waals surface area (Å²) in [5, 5.41) is 5.10. The number of halogens is 2. The van der Waals surface area contributed by atoms with Crippen LogP contribution in [-0.2, 0) is 14.8 Å². The number of hydrogen-bond donors (Lipinski definition) is 1. The maximum absolute atomic E-state index is 13.3. The highest BCUT2D eigenvalue weighted by molar-refractivity contribution is 14.1. The molecule has 0 unspecified atom stereocenters. The van der Waals surface area contributed by atoms with Gasteiger partial charge in [-0.2, -0.15) is 5.10 Å². The van der Waals surface area contributed by atoms with Gasteiger partial charge in [-0.15, -0.1) is 0 Å². The predicted octanol–water partition coefficient (Wildman–Crippen LogP) is 5.15. The molecule has 7 nitrogen and oxygen atoms in total. The van der Waals surface area contributed by atoms with Crippen LogP contribution in [0.4, 0.5) is 5.69 Å². The van der Waals surface area contributed by atoms with Crippen LogP contribution in [0.15, 0.2) is 88.9 Å². The molecule has 4 rings (SSSR count). The third kappa shape index (κ3) is 5.98. The zero-order valence-electron chi connectivity index (χ0n) is 18.5. The molecule has 1 N–H and O–H groups in total. The number of carbonyl (C=O) groups is 1. The molecule has 1 amide bonds. The minimum atomic E-state index is -3.99. The number of anilines is 1. The maximum atomic E-state index is 13.3. The summed E-state index contributed by atoms with van der Waals surface area (Å²) in [5.41, 5.74) is 5.10. The van der Waals surface area contributed by atoms with Crippen LogP contribution in [0.3, 0.4) is 0 Å². The average molecular weight is 619 g/mol. The van der Waals surface area contributed by atoms with Gasteiger partial charge in [-0.25, -0.2) is 18.8 Å². The van der Waals surface area contributed by atoms with Crippen molar-refractivity contribution in [1.82, 2.24) is 10.4 Å². The summed E-state index contributed by atoms with van der Waals surface area (Å²) in [6, 6.07) is 22.5. The number of pyridine rings is 1. The van der Waals surface area contributed by atoms with Gasteiger partial charge in [-0.1, -0.05) is 41.9 Å². The van der Waals surface area contributed by atoms with Crippen molar-refractivity contribution in [3.63, 3.8) is 0 Å². The molecule has 0 fully saturated rings. The fourth-order valence-corrected chi connectivity index (χ4v) is 5.34. The van der Waals surface area contributed by atoms with Crippen molar-refractivity contribution in [2.75, 3.05) is 10.8 Å². The molecule has 0 saturated heterocycles. The van der Waals surface area contributed by atoms with E-state index in [0.717, 1.165) is 24.3 Å². The highest BCUT2D eigenvalue weighted by Gasteiger charge is 2.27. The summed E-state index contributed by atoms with van der Waals surface area (Å²) in [5.74, 6) is -0.611. The Kier molecular flexibility index (Phi) is 7.68. The van der Waals surface area contributed by atoms with Gasteiger partial charge in [-0.3, -0.25) is 9.10 Å². The SMILES string of the molecule is Cc1ccc2cc(/C=N\NC(=O)CN(c3ccc(I)cc3)S(=O)(=O)c3ccccc3)c(Cl)nc2c1. The molecule has 3 aromatic carbocycles. The number of carbonyl (C=O) groups excluding carboxylic acids is 1. The predicted molar refractivity (Wildman–Crippen MR) is 147 cm³/mol. The Labute approximate surface area is 222 Å². The largest absolute Gasteiger partial charge is 0.271 e. The molecule has 0 bridgehead atoms. The van der Waals surface area contributed by atoms with Crippen LogP contribution in [0, 0.1) is 10.5 Å². The molecule has 1 heterocycles. The van der Waals surface area contributed by atoms with E-state index in [4.69, 9.17) is 11.6 Å². The zero-order valence-corrected chi connectivity index (χ0v) is 22.3. The Hall–Kier alpha value is -3.02. The van der Waals surface area contributed by atoms with Gasteiger partial charge in [0.15, 0.2) is 0 Å². The third-order valence-electron chi connectivity index (χ3n) is 5.08. The van der Waals surface area contributed by atoms with Crippen LogP contribution in [-0.4, -0.2) is 32.1 Å². The number of amides is 1. The fraction of sp³-hybridized carbons (Fsp3) is 0.0800. The lowest BCUT2D eigenvalue weighted by Crippen LogP contribution is -2.39. The van der Waals surface area contributed by atoms with Crippen LogP contribution in [0.1, 0.15) is 11.1 Å². The average Bonchev–Trinajstić information content (AvgIpc) is 2.84. The second-order valence-electron chi connectivity index (χ2n) is 7.66. The highest BCUT2D eigenvalue weighted by Crippen LogP contribution is 2.24. The lowest BCUT2D eigenvalue weighted by atomic mass is 10.1. The quantitative estimate of drug-likeness (QED) is 0.134. The summed E-state index contributed by atoms with van der Waals surface area (Å²) in [6.45, 7) is 1.51. The molecule has 0 atom stereocenters. The number of fused-ring (bicyclic) bond motifs is 1. The standard InChI is InChI=1S/C25H20ClIN4O3S/c1-17-7-8-18-14-19(25(26)29-23(18)13-17)15-28-30-24(32)16-31(21-11-9-20(27)10-12-21)35(33,34)22-5-3-2-4-6-22/h2-15H,16H2,1H3,(H,30,32)/b28-15-. The van der Waals surface area contributed by atoms with Gasteiger partial charge in [0.25, 0.3) is 15.9 Å². The first-order chi connectivity index (χ1) is 16.7. The summed E-state index contributed by atoms with van der Waals surface area (Å²) < 4.78 is 28.6. The van der Waals surface area contributed by atoms with Crippen molar-refractivity contribution >= 4 is 72.9 Å². The molecule has 0 aliphatic heterocycles. The summed E-state index contributed by atoms with van der Waals surface area (Å²) in [7, 11) is -3.99. The summed E-state index contributed by atoms with van der Waals surface area (Å²) in [4.78, 5) is 17.2. The van der Waals surface area contributed by atoms with Crippen LogP contribution < -0.4 is 9.73 Å². The van der Waals surface area contributed by atoms with E-state index in [1.165, 1.54) is 18.3 Å². The van der Waals surface area contributed by atoms with Crippen LogP contribution in [0.2, 0.25) is 5.15 Å². The molecule has 0 radical (unpaired) electrons. The summed E-state index contributed by atoms with van der Waals surface area (Å²) >= 11 is 8.40. The van der Waals surface area contributed by atoms with Gasteiger partial charge in [0, 0.05) is 14.5 Å². The Morgan fingerprint density at radius 3 is 2.51 bits per heavy atom. The fourth-order valence-electron chi connectivity index (χ4n) is 3.34. The molecule has 0 spiro atoms. The number of nitrogens with zero attached hydrogens (tertiary/aromatic N) is 3. The van der Waals surface area contributed by atoms with E-state index in [2.05, 4.69) is 38.1 Å². The van der Waals surface area contributed by atoms with E-state index in [1.54, 1.807) is 42.5 Å². The minimum absolute atomic E-state index is 0.0825. The van der Waals surface area contributed by atoms with E-state index >= 15 is 0 Å². The molecule has 0 aliphatic rings. The Balaban J connectivity index is 1.55. The molecule has 35 heavy (non-hydrogen) atoms. The second kappa shape index (κ2) is 10.7. The van der Waals surface area contributed by atoms with Gasteiger partial charge >= 0.3 is 0 Å². The van der Waals surface area contributed by atoms with Crippen molar-refractivity contribution in [3.05, 3.63) is 98.7 Å². The summed E-state index contributed by atoms with van der Waals surface area (Å²) in [6.07, 6.45) is 1.38. The first-order valence-electron chi connectivity index (χ1n) is 10.5. The molecular formula is C25H20ClIN4O3S. The first-order valence-corrected chi connectivity index (χ1v) is 13.4. The number of aryl methyl sites for hydroxylation is 1. The third-order valence-corrected chi connectivity index (χ3v) is 7.89. The molecule has 0 saturated carbocycles. The molecule has 178 valence electrons. The van der Waals surface area contributed by atoms with Crippen molar-refractivity contribution in [1.29, 1.82) is 0 Å². The van der Waals surface area contributed by atoms with Crippen LogP contribution in [0.25, 0.3) is 10.9 Å². The number of benzene rings is 3. The molecular weight excluding hydrogens is 599 g/mol. The van der Waals surface area contributed by atoms with Gasteiger partial charge in [0.2, 0.25) is 0 Å². The van der Waals surface area contributed by atoms with Crippen molar-refractivity contribution in [2.45, 2.75) is 11.8 Å². The highest BCUT2D eigenvalue weighted by atomic mass is 127. The monoisotopic (exact) mass is 618 g/mol. The number of aromatic nitrogens is 1. The minimum Gasteiger partial charge on any atom is -0.271 e. The normalized spacial score (nSPS) is 11.6. The van der Waals surface area contributed by atoms with Gasteiger partial charge < -0.3 is 0 Å². The number of rotatable bonds is 7. The van der Waals surface area contributed by atoms with E-state index in [9.17, 15) is 13.2 Å². The Morgan fingerprint density at radius 1 is 1.09 bits per heavy atom. The number of sulfonamides is 1. The lowest BCUT2D eigenvalue weighted by Gasteiger charge is -2.23. The zero-order chi connectivity index (χ0) is 25.0. The van der Waals surface area contributed by atoms with E-state index < -0.39 is 22.5 Å². The molecule has 4 aromatic rings. The number of nitrogens with one attached hydrogen (secondary N) is 1. The number of hydrazone groups is 1. The van der Waals surface area contributed by atoms with E-state index in [1.807, 2.05) is 31.2 Å². The maximum Gasteiger partial charge on any atom is 0.264 e. The smallest absolute Gasteiger partial charge is 0.264 e. The van der Waals surface area contributed by atoms with Crippen LogP contribution >= 0.6 is 34.2 Å². The second-order valence-corrected chi connectivity index (χ2v) is 11.1. The van der Waals surface area contributed by atoms with Gasteiger partial charge in [0.05, 0.1) is 22.3 Å². The Bertz CT molecular complexity index is 1510. The first kappa shape index (κ1) is 25.1. The topological polar surface area (TPSA) is 91.7 Å². The molecule has 10 heteroatoms. The van der Waals surface area contributed by atoms with Gasteiger partial charge in [-0.05, 0) is 83.6 Å². The van der Waals surface area contributed by atoms with Crippen molar-refractivity contribution in [3.8, 4) is 0 Å². The van der Waals surface area contributed by atoms with Gasteiger partial charge in [0.1, 0.15) is 11.7 Å². The van der Waals surface area contributed by atoms with Crippen molar-refractivity contribution < 1.29 is 13.2 Å². The van der Waals surface area contributed by atoms with Crippen LogP contribution in [0.5, 0.6) is 0 Å². The Morgan fingerprint density at radius 2 is 1.80 bits per heavy atom. The molecule has 0 aliphatic carbocycles. The molecule has 1 aromatic heterocycles.